The summed E-state index contributed by atoms with van der Waals surface area (Å²) in [6.07, 6.45) is 6.48. The number of amides is 1. The van der Waals surface area contributed by atoms with Gasteiger partial charge < -0.3 is 14.1 Å². The van der Waals surface area contributed by atoms with Crippen LogP contribution in [0.2, 0.25) is 0 Å². The van der Waals surface area contributed by atoms with Crippen LogP contribution in [-0.4, -0.2) is 61.8 Å². The van der Waals surface area contributed by atoms with Gasteiger partial charge >= 0.3 is 5.97 Å². The maximum atomic E-state index is 13.2. The van der Waals surface area contributed by atoms with Crippen LogP contribution < -0.4 is 0 Å². The molecule has 30 heavy (non-hydrogen) atoms. The summed E-state index contributed by atoms with van der Waals surface area (Å²) < 4.78 is 37.6. The Hall–Kier alpha value is -1.87. The van der Waals surface area contributed by atoms with Gasteiger partial charge in [-0.1, -0.05) is 19.8 Å². The van der Waals surface area contributed by atoms with E-state index in [1.807, 2.05) is 4.90 Å². The number of ether oxygens (including phenoxy) is 1. The minimum atomic E-state index is -4.02. The molecule has 0 radical (unpaired) electrons. The van der Waals surface area contributed by atoms with Crippen LogP contribution in [0.1, 0.15) is 69.3 Å². The Morgan fingerprint density at radius 2 is 1.87 bits per heavy atom. The van der Waals surface area contributed by atoms with Crippen molar-refractivity contribution in [3.8, 4) is 0 Å². The lowest BCUT2D eigenvalue weighted by molar-refractivity contribution is -0.134. The van der Waals surface area contributed by atoms with Crippen LogP contribution in [0.15, 0.2) is 21.6 Å². The molecule has 1 aromatic rings. The number of hydrogen-bond acceptors (Lipinski definition) is 6. The van der Waals surface area contributed by atoms with Crippen molar-refractivity contribution in [2.24, 2.45) is 5.92 Å². The molecule has 0 saturated carbocycles. The second-order valence-corrected chi connectivity index (χ2v) is 9.85. The highest BCUT2D eigenvalue weighted by Gasteiger charge is 2.42. The molecule has 168 valence electrons. The minimum Gasteiger partial charge on any atom is -0.460 e. The van der Waals surface area contributed by atoms with Crippen molar-refractivity contribution in [1.29, 1.82) is 0 Å². The predicted molar refractivity (Wildman–Crippen MR) is 110 cm³/mol. The molecule has 0 bridgehead atoms. The third-order valence-corrected chi connectivity index (χ3v) is 7.75. The lowest BCUT2D eigenvalue weighted by atomic mass is 9.96. The fraction of sp³-hybridized carbons (Fsp3) is 0.714. The minimum absolute atomic E-state index is 0.120. The summed E-state index contributed by atoms with van der Waals surface area (Å²) in [5.74, 6) is -0.350. The first-order chi connectivity index (χ1) is 14.4. The highest BCUT2D eigenvalue weighted by atomic mass is 32.2. The number of likely N-dealkylation sites (tertiary alicyclic amines) is 1. The standard InChI is InChI=1S/C21H32N2O6S/c1-3-7-16-8-5-13-22(15-12-16)20(24)17-9-6-14-23(17)30(26,27)19-11-10-18(29-19)21(25)28-4-2/h10-11,16-17H,3-9,12-15H2,1-2H3. The SMILES string of the molecule is CCCC1CCCN(C(=O)C2CCCN2S(=O)(=O)c2ccc(C(=O)OCC)o2)CC1. The number of esters is 1. The van der Waals surface area contributed by atoms with Gasteiger partial charge in [0.05, 0.1) is 6.61 Å². The second-order valence-electron chi connectivity index (χ2n) is 8.02. The van der Waals surface area contributed by atoms with E-state index in [2.05, 4.69) is 6.92 Å². The predicted octanol–water partition coefficient (Wildman–Crippen LogP) is 3.04. The summed E-state index contributed by atoms with van der Waals surface area (Å²) in [6, 6.07) is 1.83. The quantitative estimate of drug-likeness (QED) is 0.605. The first-order valence-electron chi connectivity index (χ1n) is 11.0. The fourth-order valence-electron chi connectivity index (χ4n) is 4.45. The molecule has 0 N–H and O–H groups in total. The van der Waals surface area contributed by atoms with Crippen LogP contribution >= 0.6 is 0 Å². The topological polar surface area (TPSA) is 97.1 Å². The van der Waals surface area contributed by atoms with Crippen LogP contribution in [0, 0.1) is 5.92 Å². The van der Waals surface area contributed by atoms with Crippen molar-refractivity contribution in [1.82, 2.24) is 9.21 Å². The highest BCUT2D eigenvalue weighted by molar-refractivity contribution is 7.89. The third kappa shape index (κ3) is 4.88. The molecule has 9 heteroatoms. The summed E-state index contributed by atoms with van der Waals surface area (Å²) in [6.45, 7) is 5.63. The van der Waals surface area contributed by atoms with Gasteiger partial charge in [0.2, 0.25) is 16.8 Å². The molecular formula is C21H32N2O6S. The van der Waals surface area contributed by atoms with E-state index in [4.69, 9.17) is 9.15 Å². The smallest absolute Gasteiger partial charge is 0.374 e. The number of furan rings is 1. The number of carbonyl (C=O) groups excluding carboxylic acids is 2. The fourth-order valence-corrected chi connectivity index (χ4v) is 6.02. The Morgan fingerprint density at radius 1 is 1.10 bits per heavy atom. The zero-order chi connectivity index (χ0) is 21.7. The van der Waals surface area contributed by atoms with Crippen LogP contribution in [-0.2, 0) is 19.6 Å². The summed E-state index contributed by atoms with van der Waals surface area (Å²) in [5.41, 5.74) is 0. The molecule has 2 aliphatic heterocycles. The number of hydrogen-bond donors (Lipinski definition) is 0. The molecule has 0 aromatic carbocycles. The molecule has 3 rings (SSSR count). The lowest BCUT2D eigenvalue weighted by Gasteiger charge is -2.28. The molecule has 1 amide bonds. The molecule has 0 spiro atoms. The van der Waals surface area contributed by atoms with E-state index in [9.17, 15) is 18.0 Å². The van der Waals surface area contributed by atoms with Crippen LogP contribution in [0.25, 0.3) is 0 Å². The van der Waals surface area contributed by atoms with E-state index in [0.717, 1.165) is 25.7 Å². The van der Waals surface area contributed by atoms with E-state index in [-0.39, 0.29) is 29.9 Å². The van der Waals surface area contributed by atoms with Gasteiger partial charge in [-0.2, -0.15) is 4.31 Å². The van der Waals surface area contributed by atoms with E-state index < -0.39 is 22.0 Å². The second kappa shape index (κ2) is 9.96. The highest BCUT2D eigenvalue weighted by Crippen LogP contribution is 2.30. The zero-order valence-corrected chi connectivity index (χ0v) is 18.7. The summed E-state index contributed by atoms with van der Waals surface area (Å²) in [7, 11) is -4.02. The summed E-state index contributed by atoms with van der Waals surface area (Å²) in [4.78, 5) is 26.9. The molecule has 2 unspecified atom stereocenters. The van der Waals surface area contributed by atoms with Crippen molar-refractivity contribution in [3.63, 3.8) is 0 Å². The Bertz CT molecular complexity index is 849. The van der Waals surface area contributed by atoms with Crippen molar-refractivity contribution in [2.45, 2.75) is 69.9 Å². The molecule has 8 nitrogen and oxygen atoms in total. The van der Waals surface area contributed by atoms with Crippen molar-refractivity contribution in [3.05, 3.63) is 17.9 Å². The Balaban J connectivity index is 1.73. The molecule has 0 aliphatic carbocycles. The Kier molecular flexibility index (Phi) is 7.57. The van der Waals surface area contributed by atoms with Crippen LogP contribution in [0.4, 0.5) is 0 Å². The monoisotopic (exact) mass is 440 g/mol. The Morgan fingerprint density at radius 3 is 2.60 bits per heavy atom. The van der Waals surface area contributed by atoms with Crippen LogP contribution in [0.3, 0.4) is 0 Å². The van der Waals surface area contributed by atoms with Crippen molar-refractivity contribution < 1.29 is 27.2 Å². The first-order valence-corrected chi connectivity index (χ1v) is 12.4. The molecule has 2 saturated heterocycles. The van der Waals surface area contributed by atoms with Crippen LogP contribution in [0.5, 0.6) is 0 Å². The summed E-state index contributed by atoms with van der Waals surface area (Å²) in [5, 5.41) is -0.330. The van der Waals surface area contributed by atoms with E-state index in [0.29, 0.717) is 31.8 Å². The van der Waals surface area contributed by atoms with E-state index in [1.165, 1.54) is 22.9 Å². The van der Waals surface area contributed by atoms with Gasteiger partial charge in [-0.15, -0.1) is 0 Å². The molecule has 1 aromatic heterocycles. The van der Waals surface area contributed by atoms with Gasteiger partial charge in [-0.05, 0) is 57.1 Å². The maximum absolute atomic E-state index is 13.2. The van der Waals surface area contributed by atoms with Crippen molar-refractivity contribution in [2.75, 3.05) is 26.2 Å². The maximum Gasteiger partial charge on any atom is 0.374 e. The van der Waals surface area contributed by atoms with Gasteiger partial charge in [0.15, 0.2) is 0 Å². The van der Waals surface area contributed by atoms with E-state index >= 15 is 0 Å². The largest absolute Gasteiger partial charge is 0.460 e. The van der Waals surface area contributed by atoms with Gasteiger partial charge in [0.1, 0.15) is 6.04 Å². The molecule has 2 aliphatic rings. The average Bonchev–Trinajstić information content (AvgIpc) is 3.36. The number of nitrogens with zero attached hydrogens (tertiary/aromatic N) is 2. The molecule has 3 heterocycles. The average molecular weight is 441 g/mol. The number of sulfonamides is 1. The zero-order valence-electron chi connectivity index (χ0n) is 17.8. The van der Waals surface area contributed by atoms with Gasteiger partial charge in [0, 0.05) is 19.6 Å². The van der Waals surface area contributed by atoms with Gasteiger partial charge in [0.25, 0.3) is 10.0 Å². The normalized spacial score (nSPS) is 23.3. The number of rotatable bonds is 7. The van der Waals surface area contributed by atoms with Gasteiger partial charge in [-0.3, -0.25) is 4.79 Å². The molecule has 2 fully saturated rings. The number of carbonyl (C=O) groups is 2. The van der Waals surface area contributed by atoms with E-state index in [1.54, 1.807) is 6.92 Å². The molecular weight excluding hydrogens is 408 g/mol. The third-order valence-electron chi connectivity index (χ3n) is 5.97. The first kappa shape index (κ1) is 22.8. The molecule has 2 atom stereocenters. The van der Waals surface area contributed by atoms with Crippen molar-refractivity contribution >= 4 is 21.9 Å². The lowest BCUT2D eigenvalue weighted by Crippen LogP contribution is -2.48. The Labute approximate surface area is 178 Å². The van der Waals surface area contributed by atoms with Gasteiger partial charge in [-0.25, -0.2) is 13.2 Å². The summed E-state index contributed by atoms with van der Waals surface area (Å²) >= 11 is 0.